The van der Waals surface area contributed by atoms with Gasteiger partial charge in [0.1, 0.15) is 0 Å². The molecule has 2 N–H and O–H groups in total. The topological polar surface area (TPSA) is 51.8 Å². The monoisotopic (exact) mass is 273 g/mol. The summed E-state index contributed by atoms with van der Waals surface area (Å²) >= 11 is 9.02. The van der Waals surface area contributed by atoms with Crippen molar-refractivity contribution in [2.45, 2.75) is 25.8 Å². The molecule has 0 aliphatic rings. The van der Waals surface area contributed by atoms with Crippen molar-refractivity contribution in [3.05, 3.63) is 31.9 Å². The zero-order valence-corrected chi connectivity index (χ0v) is 11.2. The van der Waals surface area contributed by atoms with E-state index in [0.29, 0.717) is 0 Å². The maximum atomic E-state index is 6.19. The largest absolute Gasteiger partial charge is 0.319 e. The third-order valence-corrected chi connectivity index (χ3v) is 4.57. The molecule has 0 radical (unpaired) electrons. The van der Waals surface area contributed by atoms with Crippen molar-refractivity contribution in [3.63, 3.8) is 0 Å². The Hall–Kier alpha value is -0.490. The predicted molar refractivity (Wildman–Crippen MR) is 69.3 cm³/mol. The molecule has 1 atom stereocenters. The summed E-state index contributed by atoms with van der Waals surface area (Å²) in [5.41, 5.74) is 7.20. The van der Waals surface area contributed by atoms with Gasteiger partial charge in [-0.2, -0.15) is 0 Å². The first-order valence-corrected chi connectivity index (χ1v) is 7.06. The molecule has 0 fully saturated rings. The summed E-state index contributed by atoms with van der Waals surface area (Å²) in [6.45, 7) is 2.12. The van der Waals surface area contributed by atoms with Gasteiger partial charge in [0.2, 0.25) is 0 Å². The normalized spacial score (nSPS) is 12.9. The minimum atomic E-state index is -0.186. The summed E-state index contributed by atoms with van der Waals surface area (Å²) in [4.78, 5) is 2.02. The molecule has 0 aliphatic carbocycles. The molecule has 0 bridgehead atoms. The van der Waals surface area contributed by atoms with Crippen LogP contribution >= 0.6 is 34.5 Å². The van der Waals surface area contributed by atoms with E-state index in [2.05, 4.69) is 16.5 Å². The van der Waals surface area contributed by atoms with E-state index < -0.39 is 0 Å². The lowest BCUT2D eigenvalue weighted by Gasteiger charge is -2.08. The highest BCUT2D eigenvalue weighted by Gasteiger charge is 2.20. The Morgan fingerprint density at radius 3 is 2.94 bits per heavy atom. The van der Waals surface area contributed by atoms with E-state index in [1.807, 2.05) is 11.4 Å². The molecule has 3 nitrogen and oxygen atoms in total. The molecule has 86 valence electrons. The number of thiophene rings is 1. The van der Waals surface area contributed by atoms with E-state index in [1.165, 1.54) is 11.5 Å². The lowest BCUT2D eigenvalue weighted by atomic mass is 10.1. The zero-order valence-electron chi connectivity index (χ0n) is 8.81. The van der Waals surface area contributed by atoms with E-state index in [9.17, 15) is 0 Å². The molecule has 2 aromatic rings. The molecule has 2 aromatic heterocycles. The van der Waals surface area contributed by atoms with Gasteiger partial charge in [0.25, 0.3) is 0 Å². The number of aryl methyl sites for hydroxylation is 1. The van der Waals surface area contributed by atoms with Crippen LogP contribution in [0.3, 0.4) is 0 Å². The summed E-state index contributed by atoms with van der Waals surface area (Å²) in [6, 6.07) is 1.68. The van der Waals surface area contributed by atoms with Gasteiger partial charge < -0.3 is 5.73 Å². The smallest absolute Gasteiger partial charge is 0.0807 e. The van der Waals surface area contributed by atoms with Gasteiger partial charge in [-0.05, 0) is 29.4 Å². The summed E-state index contributed by atoms with van der Waals surface area (Å²) in [6.07, 6.45) is 1.96. The number of nitrogens with zero attached hydrogens (tertiary/aromatic N) is 2. The van der Waals surface area contributed by atoms with Gasteiger partial charge >= 0.3 is 0 Å². The van der Waals surface area contributed by atoms with Gasteiger partial charge in [-0.15, -0.1) is 16.4 Å². The van der Waals surface area contributed by atoms with Crippen LogP contribution in [0.25, 0.3) is 0 Å². The summed E-state index contributed by atoms with van der Waals surface area (Å²) in [5, 5.41) is 6.80. The van der Waals surface area contributed by atoms with Crippen LogP contribution in [0.15, 0.2) is 11.4 Å². The minimum Gasteiger partial charge on any atom is -0.319 e. The molecular weight excluding hydrogens is 262 g/mol. The lowest BCUT2D eigenvalue weighted by Crippen LogP contribution is -2.11. The fourth-order valence-corrected chi connectivity index (χ4v) is 3.47. The lowest BCUT2D eigenvalue weighted by molar-refractivity contribution is 0.821. The first kappa shape index (κ1) is 12.0. The fourth-order valence-electron chi connectivity index (χ4n) is 1.51. The molecule has 0 aliphatic heterocycles. The maximum Gasteiger partial charge on any atom is 0.0807 e. The maximum absolute atomic E-state index is 6.19. The van der Waals surface area contributed by atoms with Gasteiger partial charge in [0.15, 0.2) is 0 Å². The molecule has 0 saturated carbocycles. The number of aromatic nitrogens is 2. The van der Waals surface area contributed by atoms with Crippen LogP contribution in [0, 0.1) is 0 Å². The summed E-state index contributed by atoms with van der Waals surface area (Å²) < 4.78 is 3.97. The highest BCUT2D eigenvalue weighted by molar-refractivity contribution is 7.11. The van der Waals surface area contributed by atoms with Gasteiger partial charge in [-0.25, -0.2) is 0 Å². The van der Waals surface area contributed by atoms with E-state index in [-0.39, 0.29) is 6.04 Å². The van der Waals surface area contributed by atoms with Crippen LogP contribution in [-0.2, 0) is 6.42 Å². The Morgan fingerprint density at radius 2 is 2.31 bits per heavy atom. The first-order valence-electron chi connectivity index (χ1n) is 5.03. The second-order valence-corrected chi connectivity index (χ2v) is 5.58. The molecule has 6 heteroatoms. The van der Waals surface area contributed by atoms with Crippen molar-refractivity contribution in [1.82, 2.24) is 9.59 Å². The van der Waals surface area contributed by atoms with Gasteiger partial charge in [0.05, 0.1) is 21.6 Å². The van der Waals surface area contributed by atoms with Crippen LogP contribution in [0.4, 0.5) is 0 Å². The van der Waals surface area contributed by atoms with Crippen molar-refractivity contribution in [1.29, 1.82) is 0 Å². The average Bonchev–Trinajstić information content (AvgIpc) is 2.87. The third kappa shape index (κ3) is 2.27. The molecule has 0 saturated heterocycles. The standard InChI is InChI=1S/C10H12ClN3S2/c1-2-3-7-10(16-14-13-7)8(12)9-6(11)4-5-15-9/h4-5,8H,2-3,12H2,1H3. The van der Waals surface area contributed by atoms with E-state index in [4.69, 9.17) is 17.3 Å². The van der Waals surface area contributed by atoms with E-state index >= 15 is 0 Å². The average molecular weight is 274 g/mol. The van der Waals surface area contributed by atoms with Crippen molar-refractivity contribution in [2.75, 3.05) is 0 Å². The van der Waals surface area contributed by atoms with Crippen molar-refractivity contribution < 1.29 is 0 Å². The van der Waals surface area contributed by atoms with Crippen LogP contribution in [-0.4, -0.2) is 9.59 Å². The number of halogens is 1. The molecular formula is C10H12ClN3S2. The third-order valence-electron chi connectivity index (χ3n) is 2.28. The van der Waals surface area contributed by atoms with E-state index in [1.54, 1.807) is 11.3 Å². The molecule has 1 unspecified atom stereocenters. The molecule has 2 heterocycles. The predicted octanol–water partition coefficient (Wildman–Crippen LogP) is 3.25. The Balaban J connectivity index is 2.30. The summed E-state index contributed by atoms with van der Waals surface area (Å²) in [7, 11) is 0. The van der Waals surface area contributed by atoms with Crippen molar-refractivity contribution in [2.24, 2.45) is 5.73 Å². The number of rotatable bonds is 4. The SMILES string of the molecule is CCCc1nnsc1C(N)c1sccc1Cl. The highest BCUT2D eigenvalue weighted by atomic mass is 35.5. The number of hydrogen-bond acceptors (Lipinski definition) is 5. The van der Waals surface area contributed by atoms with Crippen LogP contribution in [0.1, 0.15) is 34.8 Å². The zero-order chi connectivity index (χ0) is 11.5. The fraction of sp³-hybridized carbons (Fsp3) is 0.400. The quantitative estimate of drug-likeness (QED) is 0.930. The molecule has 16 heavy (non-hydrogen) atoms. The van der Waals surface area contributed by atoms with E-state index in [0.717, 1.165) is 33.3 Å². The number of hydrogen-bond donors (Lipinski definition) is 1. The number of nitrogens with two attached hydrogens (primary N) is 1. The molecule has 0 amide bonds. The van der Waals surface area contributed by atoms with Gasteiger partial charge in [0, 0.05) is 4.88 Å². The van der Waals surface area contributed by atoms with Crippen molar-refractivity contribution >= 4 is 34.5 Å². The van der Waals surface area contributed by atoms with Crippen LogP contribution in [0.5, 0.6) is 0 Å². The van der Waals surface area contributed by atoms with Gasteiger partial charge in [-0.3, -0.25) is 0 Å². The van der Waals surface area contributed by atoms with Crippen LogP contribution < -0.4 is 5.73 Å². The minimum absolute atomic E-state index is 0.186. The van der Waals surface area contributed by atoms with Crippen molar-refractivity contribution in [3.8, 4) is 0 Å². The summed E-state index contributed by atoms with van der Waals surface area (Å²) in [5.74, 6) is 0. The second-order valence-electron chi connectivity index (χ2n) is 3.44. The Kier molecular flexibility index (Phi) is 3.91. The Morgan fingerprint density at radius 1 is 1.50 bits per heavy atom. The molecule has 0 spiro atoms. The second kappa shape index (κ2) is 5.23. The first-order chi connectivity index (χ1) is 7.74. The molecule has 0 aromatic carbocycles. The Bertz CT molecular complexity index is 466. The van der Waals surface area contributed by atoms with Gasteiger partial charge in [-0.1, -0.05) is 29.4 Å². The Labute approximate surface area is 107 Å². The highest BCUT2D eigenvalue weighted by Crippen LogP contribution is 2.33. The molecule has 2 rings (SSSR count). The van der Waals surface area contributed by atoms with Crippen LogP contribution in [0.2, 0.25) is 5.02 Å².